The van der Waals surface area contributed by atoms with Gasteiger partial charge in [-0.15, -0.1) is 13.2 Å². The molecule has 3 nitrogen and oxygen atoms in total. The summed E-state index contributed by atoms with van der Waals surface area (Å²) < 4.78 is 39.9. The average Bonchev–Trinajstić information content (AvgIpc) is 2.39. The summed E-state index contributed by atoms with van der Waals surface area (Å²) >= 11 is 0. The predicted molar refractivity (Wildman–Crippen MR) is 76.9 cm³/mol. The molecule has 0 bridgehead atoms. The highest BCUT2D eigenvalue weighted by molar-refractivity contribution is 5.27. The lowest BCUT2D eigenvalue weighted by molar-refractivity contribution is -0.274. The fourth-order valence-electron chi connectivity index (χ4n) is 1.97. The van der Waals surface area contributed by atoms with Gasteiger partial charge >= 0.3 is 6.36 Å². The maximum absolute atomic E-state index is 12.0. The van der Waals surface area contributed by atoms with Gasteiger partial charge in [-0.3, -0.25) is 0 Å². The van der Waals surface area contributed by atoms with Crippen molar-refractivity contribution >= 4 is 0 Å². The van der Waals surface area contributed by atoms with Gasteiger partial charge in [-0.1, -0.05) is 38.3 Å². The highest BCUT2D eigenvalue weighted by Gasteiger charge is 2.30. The molecule has 0 heterocycles. The van der Waals surface area contributed by atoms with Crippen molar-refractivity contribution in [2.75, 3.05) is 6.54 Å². The van der Waals surface area contributed by atoms with Gasteiger partial charge in [0.15, 0.2) is 0 Å². The molecule has 1 atom stereocenters. The zero-order valence-corrected chi connectivity index (χ0v) is 12.2. The number of halogens is 3. The van der Waals surface area contributed by atoms with E-state index in [2.05, 4.69) is 17.0 Å². The van der Waals surface area contributed by atoms with E-state index in [-0.39, 0.29) is 11.8 Å². The van der Waals surface area contributed by atoms with Crippen molar-refractivity contribution in [3.05, 3.63) is 29.8 Å². The third-order valence-electron chi connectivity index (χ3n) is 3.07. The molecule has 1 unspecified atom stereocenters. The zero-order chi connectivity index (χ0) is 15.7. The third-order valence-corrected chi connectivity index (χ3v) is 3.07. The molecule has 21 heavy (non-hydrogen) atoms. The van der Waals surface area contributed by atoms with Gasteiger partial charge in [-0.2, -0.15) is 0 Å². The maximum atomic E-state index is 12.0. The summed E-state index contributed by atoms with van der Waals surface area (Å²) in [4.78, 5) is 0. The Morgan fingerprint density at radius 1 is 1.19 bits per heavy atom. The lowest BCUT2D eigenvalue weighted by Gasteiger charge is -2.13. The number of alkyl halides is 3. The summed E-state index contributed by atoms with van der Waals surface area (Å²) in [5.41, 5.74) is 6.86. The first kappa shape index (κ1) is 17.8. The minimum Gasteiger partial charge on any atom is -0.406 e. The first-order chi connectivity index (χ1) is 9.90. The molecule has 0 aliphatic heterocycles. The van der Waals surface area contributed by atoms with Crippen LogP contribution in [0.15, 0.2) is 24.3 Å². The van der Waals surface area contributed by atoms with E-state index in [1.54, 1.807) is 12.1 Å². The van der Waals surface area contributed by atoms with E-state index in [9.17, 15) is 13.2 Å². The van der Waals surface area contributed by atoms with Crippen molar-refractivity contribution in [2.45, 2.75) is 51.6 Å². The van der Waals surface area contributed by atoms with Crippen LogP contribution in [0.3, 0.4) is 0 Å². The van der Waals surface area contributed by atoms with Gasteiger partial charge < -0.3 is 15.8 Å². The number of ether oxygens (including phenoxy) is 1. The summed E-state index contributed by atoms with van der Waals surface area (Å²) in [6.45, 7) is 3.42. The van der Waals surface area contributed by atoms with Crippen molar-refractivity contribution in [3.63, 3.8) is 0 Å². The van der Waals surface area contributed by atoms with Crippen LogP contribution in [0.4, 0.5) is 13.2 Å². The molecule has 3 N–H and O–H groups in total. The number of hydrogen-bond donors (Lipinski definition) is 2. The van der Waals surface area contributed by atoms with Crippen LogP contribution in [-0.4, -0.2) is 18.9 Å². The largest absolute Gasteiger partial charge is 0.573 e. The molecular weight excluding hydrogens is 281 g/mol. The van der Waals surface area contributed by atoms with Gasteiger partial charge in [0.25, 0.3) is 0 Å². The molecule has 0 fully saturated rings. The minimum absolute atomic E-state index is 0.115. The molecule has 6 heteroatoms. The smallest absolute Gasteiger partial charge is 0.406 e. The van der Waals surface area contributed by atoms with Gasteiger partial charge in [0.05, 0.1) is 0 Å². The second kappa shape index (κ2) is 8.89. The van der Waals surface area contributed by atoms with E-state index in [0.29, 0.717) is 13.1 Å². The average molecular weight is 304 g/mol. The fourth-order valence-corrected chi connectivity index (χ4v) is 1.97. The van der Waals surface area contributed by atoms with Crippen molar-refractivity contribution in [2.24, 2.45) is 5.73 Å². The van der Waals surface area contributed by atoms with Gasteiger partial charge in [0, 0.05) is 19.1 Å². The Morgan fingerprint density at radius 3 is 2.43 bits per heavy atom. The van der Waals surface area contributed by atoms with Crippen LogP contribution in [0.5, 0.6) is 5.75 Å². The van der Waals surface area contributed by atoms with E-state index in [1.807, 2.05) is 0 Å². The molecule has 0 spiro atoms. The lowest BCUT2D eigenvalue weighted by atomic mass is 10.1. The first-order valence-electron chi connectivity index (χ1n) is 7.21. The predicted octanol–water partition coefficient (Wildman–Crippen LogP) is 3.58. The Hall–Kier alpha value is -1.27. The van der Waals surface area contributed by atoms with Crippen molar-refractivity contribution in [1.29, 1.82) is 0 Å². The molecule has 1 aromatic carbocycles. The quantitative estimate of drug-likeness (QED) is 0.686. The number of nitrogens with two attached hydrogens (primary N) is 1. The highest BCUT2D eigenvalue weighted by Crippen LogP contribution is 2.22. The fraction of sp³-hybridized carbons (Fsp3) is 0.600. The topological polar surface area (TPSA) is 47.3 Å². The normalized spacial score (nSPS) is 13.2. The second-order valence-corrected chi connectivity index (χ2v) is 5.08. The van der Waals surface area contributed by atoms with Gasteiger partial charge in [0.1, 0.15) is 5.75 Å². The number of unbranched alkanes of at least 4 members (excludes halogenated alkanes) is 2. The molecule has 1 rings (SSSR count). The summed E-state index contributed by atoms with van der Waals surface area (Å²) in [7, 11) is 0. The molecule has 0 saturated carbocycles. The molecule has 0 amide bonds. The molecular formula is C15H23F3N2O. The number of hydrogen-bond acceptors (Lipinski definition) is 3. The van der Waals surface area contributed by atoms with Gasteiger partial charge in [-0.25, -0.2) is 0 Å². The van der Waals surface area contributed by atoms with E-state index in [4.69, 9.17) is 5.73 Å². The van der Waals surface area contributed by atoms with Crippen molar-refractivity contribution < 1.29 is 17.9 Å². The molecule has 0 radical (unpaired) electrons. The van der Waals surface area contributed by atoms with E-state index < -0.39 is 6.36 Å². The van der Waals surface area contributed by atoms with Crippen LogP contribution in [0.25, 0.3) is 0 Å². The highest BCUT2D eigenvalue weighted by atomic mass is 19.4. The Bertz CT molecular complexity index is 393. The molecule has 0 aliphatic rings. The van der Waals surface area contributed by atoms with E-state index in [0.717, 1.165) is 18.4 Å². The van der Waals surface area contributed by atoms with E-state index >= 15 is 0 Å². The Morgan fingerprint density at radius 2 is 1.86 bits per heavy atom. The Balaban J connectivity index is 2.26. The first-order valence-corrected chi connectivity index (χ1v) is 7.21. The summed E-state index contributed by atoms with van der Waals surface area (Å²) in [5.74, 6) is -0.206. The SMILES string of the molecule is CCCCCC(N)CNCc1ccc(OC(F)(F)F)cc1. The van der Waals surface area contributed by atoms with E-state index in [1.165, 1.54) is 25.0 Å². The zero-order valence-electron chi connectivity index (χ0n) is 12.2. The summed E-state index contributed by atoms with van der Waals surface area (Å²) in [5, 5.41) is 3.21. The maximum Gasteiger partial charge on any atom is 0.573 e. The van der Waals surface area contributed by atoms with Gasteiger partial charge in [-0.05, 0) is 24.1 Å². The summed E-state index contributed by atoms with van der Waals surface area (Å²) in [6, 6.07) is 5.95. The monoisotopic (exact) mass is 304 g/mol. The molecule has 120 valence electrons. The number of nitrogens with one attached hydrogen (secondary N) is 1. The molecule has 0 aliphatic carbocycles. The van der Waals surface area contributed by atoms with Crippen LogP contribution < -0.4 is 15.8 Å². The Labute approximate surface area is 123 Å². The molecule has 1 aromatic rings. The minimum atomic E-state index is -4.65. The van der Waals surface area contributed by atoms with Crippen LogP contribution in [0, 0.1) is 0 Å². The third kappa shape index (κ3) is 8.57. The number of benzene rings is 1. The molecule has 0 aromatic heterocycles. The standard InChI is InChI=1S/C15H23F3N2O/c1-2-3-4-5-13(19)11-20-10-12-6-8-14(9-7-12)21-15(16,17)18/h6-9,13,20H,2-5,10-11,19H2,1H3. The molecule has 0 saturated heterocycles. The number of rotatable bonds is 9. The van der Waals surface area contributed by atoms with Gasteiger partial charge in [0.2, 0.25) is 0 Å². The summed E-state index contributed by atoms with van der Waals surface area (Å²) in [6.07, 6.45) is -0.173. The second-order valence-electron chi connectivity index (χ2n) is 5.08. The van der Waals surface area contributed by atoms with Crippen molar-refractivity contribution in [3.8, 4) is 5.75 Å². The Kier molecular flexibility index (Phi) is 7.53. The lowest BCUT2D eigenvalue weighted by Crippen LogP contribution is -2.33. The van der Waals surface area contributed by atoms with Crippen LogP contribution in [0.2, 0.25) is 0 Å². The van der Waals surface area contributed by atoms with Crippen LogP contribution in [-0.2, 0) is 6.54 Å². The van der Waals surface area contributed by atoms with Crippen LogP contribution >= 0.6 is 0 Å². The van der Waals surface area contributed by atoms with Crippen LogP contribution in [0.1, 0.15) is 38.2 Å². The van der Waals surface area contributed by atoms with Crippen molar-refractivity contribution in [1.82, 2.24) is 5.32 Å².